The predicted molar refractivity (Wildman–Crippen MR) is 126 cm³/mol. The van der Waals surface area contributed by atoms with Gasteiger partial charge in [-0.05, 0) is 48.7 Å². The maximum atomic E-state index is 13.1. The lowest BCUT2D eigenvalue weighted by Crippen LogP contribution is -2.49. The van der Waals surface area contributed by atoms with Gasteiger partial charge in [0.15, 0.2) is 6.61 Å². The highest BCUT2D eigenvalue weighted by Gasteiger charge is 2.27. The van der Waals surface area contributed by atoms with Crippen LogP contribution in [0, 0.1) is 5.92 Å². The van der Waals surface area contributed by atoms with E-state index in [9.17, 15) is 9.59 Å². The second kappa shape index (κ2) is 12.0. The number of carbonyl (C=O) groups excluding carboxylic acids is 2. The number of hydrogen-bond donors (Lipinski definition) is 1. The molecule has 0 aliphatic rings. The Morgan fingerprint density at radius 3 is 2.55 bits per heavy atom. The topological polar surface area (TPSA) is 67.9 Å². The van der Waals surface area contributed by atoms with Crippen LogP contribution in [0.15, 0.2) is 46.9 Å². The van der Waals surface area contributed by atoms with E-state index in [0.29, 0.717) is 29.0 Å². The normalized spacial score (nSPS) is 11.7. The number of hydrogen-bond acceptors (Lipinski definition) is 4. The van der Waals surface area contributed by atoms with Gasteiger partial charge in [0.05, 0.1) is 12.1 Å². The molecule has 0 radical (unpaired) electrons. The van der Waals surface area contributed by atoms with Gasteiger partial charge >= 0.3 is 0 Å². The smallest absolute Gasteiger partial charge is 0.261 e. The van der Waals surface area contributed by atoms with Crippen molar-refractivity contribution < 1.29 is 19.1 Å². The van der Waals surface area contributed by atoms with E-state index in [2.05, 4.69) is 21.2 Å². The molecule has 31 heavy (non-hydrogen) atoms. The molecule has 2 amide bonds. The minimum Gasteiger partial charge on any atom is -0.497 e. The highest BCUT2D eigenvalue weighted by Crippen LogP contribution is 2.28. The fourth-order valence-corrected chi connectivity index (χ4v) is 3.55. The van der Waals surface area contributed by atoms with Crippen molar-refractivity contribution in [2.75, 3.05) is 20.3 Å². The molecule has 6 nitrogen and oxygen atoms in total. The van der Waals surface area contributed by atoms with Crippen molar-refractivity contribution in [3.05, 3.63) is 57.5 Å². The highest BCUT2D eigenvalue weighted by molar-refractivity contribution is 9.10. The summed E-state index contributed by atoms with van der Waals surface area (Å²) in [5, 5.41) is 3.28. The number of nitrogens with one attached hydrogen (secondary N) is 1. The van der Waals surface area contributed by atoms with Crippen molar-refractivity contribution >= 4 is 39.3 Å². The maximum absolute atomic E-state index is 13.1. The Bertz CT molecular complexity index is 907. The van der Waals surface area contributed by atoms with Gasteiger partial charge in [-0.2, -0.15) is 0 Å². The number of carbonyl (C=O) groups is 2. The molecule has 0 fully saturated rings. The summed E-state index contributed by atoms with van der Waals surface area (Å²) in [6.07, 6.45) is 0. The molecule has 0 saturated carbocycles. The molecule has 0 unspecified atom stereocenters. The van der Waals surface area contributed by atoms with E-state index >= 15 is 0 Å². The number of rotatable bonds is 10. The molecule has 1 atom stereocenters. The molecule has 2 aromatic carbocycles. The van der Waals surface area contributed by atoms with Crippen LogP contribution in [0.4, 0.5) is 0 Å². The van der Waals surface area contributed by atoms with Crippen LogP contribution in [-0.2, 0) is 16.1 Å². The molecule has 0 heterocycles. The van der Waals surface area contributed by atoms with Crippen LogP contribution in [0.5, 0.6) is 11.5 Å². The number of halogens is 2. The van der Waals surface area contributed by atoms with Crippen molar-refractivity contribution in [3.8, 4) is 11.5 Å². The summed E-state index contributed by atoms with van der Waals surface area (Å²) in [5.74, 6) is 0.846. The summed E-state index contributed by atoms with van der Waals surface area (Å²) in [5.41, 5.74) is 0.845. The average molecular weight is 512 g/mol. The molecule has 0 saturated heterocycles. The lowest BCUT2D eigenvalue weighted by Gasteiger charge is -2.29. The van der Waals surface area contributed by atoms with Gasteiger partial charge in [-0.15, -0.1) is 0 Å². The molecular formula is C23H28BrClN2O4. The molecule has 0 aromatic heterocycles. The number of methoxy groups -OCH3 is 1. The molecule has 0 bridgehead atoms. The Hall–Kier alpha value is -2.25. The van der Waals surface area contributed by atoms with Crippen LogP contribution in [0.2, 0.25) is 5.02 Å². The second-order valence-electron chi connectivity index (χ2n) is 7.55. The minimum atomic E-state index is -0.679. The van der Waals surface area contributed by atoms with Crippen molar-refractivity contribution in [2.24, 2.45) is 5.92 Å². The van der Waals surface area contributed by atoms with Gasteiger partial charge in [-0.25, -0.2) is 0 Å². The molecule has 0 spiro atoms. The third-order valence-electron chi connectivity index (χ3n) is 4.58. The van der Waals surface area contributed by atoms with E-state index in [1.165, 1.54) is 4.90 Å². The first kappa shape index (κ1) is 25.0. The monoisotopic (exact) mass is 510 g/mol. The first-order valence-corrected chi connectivity index (χ1v) is 11.2. The summed E-state index contributed by atoms with van der Waals surface area (Å²) in [7, 11) is 1.58. The van der Waals surface area contributed by atoms with Crippen LogP contribution in [-0.4, -0.2) is 43.0 Å². The largest absolute Gasteiger partial charge is 0.497 e. The van der Waals surface area contributed by atoms with E-state index in [4.69, 9.17) is 21.1 Å². The van der Waals surface area contributed by atoms with Gasteiger partial charge in [0.1, 0.15) is 17.5 Å². The predicted octanol–water partition coefficient (Wildman–Crippen LogP) is 4.68. The van der Waals surface area contributed by atoms with Crippen LogP contribution in [0.1, 0.15) is 26.3 Å². The van der Waals surface area contributed by atoms with Crippen molar-refractivity contribution in [3.63, 3.8) is 0 Å². The van der Waals surface area contributed by atoms with E-state index in [1.54, 1.807) is 32.2 Å². The first-order chi connectivity index (χ1) is 14.7. The zero-order chi connectivity index (χ0) is 23.0. The minimum absolute atomic E-state index is 0.216. The fourth-order valence-electron chi connectivity index (χ4n) is 2.82. The lowest BCUT2D eigenvalue weighted by atomic mass is 10.1. The van der Waals surface area contributed by atoms with Gasteiger partial charge in [0, 0.05) is 17.6 Å². The molecule has 0 aliphatic heterocycles. The molecule has 168 valence electrons. The van der Waals surface area contributed by atoms with Gasteiger partial charge in [-0.1, -0.05) is 53.5 Å². The molecule has 2 rings (SSSR count). The van der Waals surface area contributed by atoms with Crippen LogP contribution >= 0.6 is 27.5 Å². The molecule has 0 aliphatic carbocycles. The summed E-state index contributed by atoms with van der Waals surface area (Å²) in [4.78, 5) is 27.2. The molecule has 8 heteroatoms. The summed E-state index contributed by atoms with van der Waals surface area (Å²) in [6, 6.07) is 11.9. The average Bonchev–Trinajstić information content (AvgIpc) is 2.74. The Morgan fingerprint density at radius 1 is 1.16 bits per heavy atom. The summed E-state index contributed by atoms with van der Waals surface area (Å²) >= 11 is 9.52. The van der Waals surface area contributed by atoms with Crippen molar-refractivity contribution in [1.82, 2.24) is 10.2 Å². The lowest BCUT2D eigenvalue weighted by molar-refractivity contribution is -0.142. The number of nitrogens with zero attached hydrogens (tertiary/aromatic N) is 1. The van der Waals surface area contributed by atoms with Crippen LogP contribution < -0.4 is 14.8 Å². The van der Waals surface area contributed by atoms with Crippen molar-refractivity contribution in [1.29, 1.82) is 0 Å². The molecule has 2 aromatic rings. The SMILES string of the molecule is COc1cccc(CN(C(=O)COc2ccc(Br)cc2Cl)[C@H](C)C(=O)NCC(C)C)c1. The number of benzene rings is 2. The van der Waals surface area contributed by atoms with Gasteiger partial charge in [0.2, 0.25) is 5.91 Å². The van der Waals surface area contributed by atoms with Gasteiger partial charge in [0.25, 0.3) is 5.91 Å². The number of ether oxygens (including phenoxy) is 2. The zero-order valence-corrected chi connectivity index (χ0v) is 20.5. The van der Waals surface area contributed by atoms with E-state index in [1.807, 2.05) is 38.1 Å². The highest BCUT2D eigenvalue weighted by atomic mass is 79.9. The van der Waals surface area contributed by atoms with E-state index < -0.39 is 6.04 Å². The quantitative estimate of drug-likeness (QED) is 0.503. The third-order valence-corrected chi connectivity index (χ3v) is 5.37. The Kier molecular flexibility index (Phi) is 9.65. The van der Waals surface area contributed by atoms with E-state index in [-0.39, 0.29) is 25.0 Å². The van der Waals surface area contributed by atoms with Crippen LogP contribution in [0.3, 0.4) is 0 Å². The first-order valence-electron chi connectivity index (χ1n) is 9.99. The maximum Gasteiger partial charge on any atom is 0.261 e. The van der Waals surface area contributed by atoms with Gasteiger partial charge in [-0.3, -0.25) is 9.59 Å². The van der Waals surface area contributed by atoms with Crippen LogP contribution in [0.25, 0.3) is 0 Å². The summed E-state index contributed by atoms with van der Waals surface area (Å²) in [6.45, 7) is 6.27. The molecule has 1 N–H and O–H groups in total. The second-order valence-corrected chi connectivity index (χ2v) is 8.87. The summed E-state index contributed by atoms with van der Waals surface area (Å²) < 4.78 is 11.7. The van der Waals surface area contributed by atoms with Crippen molar-refractivity contribution in [2.45, 2.75) is 33.4 Å². The Morgan fingerprint density at radius 2 is 1.90 bits per heavy atom. The number of amides is 2. The Balaban J connectivity index is 2.18. The van der Waals surface area contributed by atoms with E-state index in [0.717, 1.165) is 10.0 Å². The zero-order valence-electron chi connectivity index (χ0n) is 18.2. The third kappa shape index (κ3) is 7.74. The fraction of sp³-hybridized carbons (Fsp3) is 0.391. The standard InChI is InChI=1S/C23H28BrClN2O4/c1-15(2)12-26-23(29)16(3)27(13-17-6-5-7-19(10-17)30-4)22(28)14-31-21-9-8-18(24)11-20(21)25/h5-11,15-16H,12-14H2,1-4H3,(H,26,29)/t16-/m1/s1. The molecular weight excluding hydrogens is 484 g/mol. The van der Waals surface area contributed by atoms with Gasteiger partial charge < -0.3 is 19.7 Å². The Labute approximate surface area is 197 Å².